The number of hydrogen-bond donors (Lipinski definition) is 2. The fraction of sp³-hybridized carbons (Fsp3) is 0.391. The molecule has 2 aliphatic rings. The van der Waals surface area contributed by atoms with E-state index in [-0.39, 0.29) is 47.9 Å². The summed E-state index contributed by atoms with van der Waals surface area (Å²) < 4.78 is 1.75. The number of carbonyl (C=O) groups is 1. The quantitative estimate of drug-likeness (QED) is 0.588. The predicted octanol–water partition coefficient (Wildman–Crippen LogP) is 2.83. The van der Waals surface area contributed by atoms with E-state index in [1.54, 1.807) is 22.0 Å². The van der Waals surface area contributed by atoms with E-state index in [0.29, 0.717) is 18.5 Å². The molecule has 1 unspecified atom stereocenters. The van der Waals surface area contributed by atoms with Gasteiger partial charge in [-0.15, -0.1) is 24.8 Å². The molecule has 8 nitrogen and oxygen atoms in total. The first-order chi connectivity index (χ1) is 15.1. The number of aromatic nitrogens is 4. The van der Waals surface area contributed by atoms with Crippen LogP contribution in [-0.2, 0) is 6.42 Å². The molecule has 10 heteroatoms. The lowest BCUT2D eigenvalue weighted by atomic mass is 9.97. The first kappa shape index (κ1) is 25.0. The third kappa shape index (κ3) is 4.55. The molecule has 5 rings (SSSR count). The van der Waals surface area contributed by atoms with Gasteiger partial charge in [0, 0.05) is 37.1 Å². The van der Waals surface area contributed by atoms with Crippen LogP contribution in [-0.4, -0.2) is 50.0 Å². The van der Waals surface area contributed by atoms with Crippen molar-refractivity contribution in [1.82, 2.24) is 29.7 Å². The van der Waals surface area contributed by atoms with Gasteiger partial charge in [0.1, 0.15) is 11.6 Å². The van der Waals surface area contributed by atoms with Crippen molar-refractivity contribution in [2.24, 2.45) is 0 Å². The molecule has 0 aliphatic carbocycles. The van der Waals surface area contributed by atoms with Gasteiger partial charge in [-0.05, 0) is 56.6 Å². The van der Waals surface area contributed by atoms with Crippen LogP contribution in [0.4, 0.5) is 0 Å². The van der Waals surface area contributed by atoms with E-state index in [1.807, 2.05) is 37.4 Å². The van der Waals surface area contributed by atoms with Crippen molar-refractivity contribution in [3.8, 4) is 0 Å². The summed E-state index contributed by atoms with van der Waals surface area (Å²) in [4.78, 5) is 41.2. The summed E-state index contributed by atoms with van der Waals surface area (Å²) >= 11 is 0. The highest BCUT2D eigenvalue weighted by atomic mass is 35.5. The third-order valence-corrected chi connectivity index (χ3v) is 6.40. The van der Waals surface area contributed by atoms with Gasteiger partial charge in [0.15, 0.2) is 0 Å². The van der Waals surface area contributed by atoms with E-state index in [1.165, 1.54) is 0 Å². The molecule has 1 fully saturated rings. The van der Waals surface area contributed by atoms with Crippen molar-refractivity contribution >= 4 is 30.7 Å². The Morgan fingerprint density at radius 1 is 1.12 bits per heavy atom. The smallest absolute Gasteiger partial charge is 0.263 e. The number of H-pyrrole nitrogens is 1. The molecule has 0 spiro atoms. The van der Waals surface area contributed by atoms with Crippen molar-refractivity contribution in [3.05, 3.63) is 81.5 Å². The summed E-state index contributed by atoms with van der Waals surface area (Å²) in [6.07, 6.45) is 7.64. The Kier molecular flexibility index (Phi) is 7.94. The lowest BCUT2D eigenvalue weighted by molar-refractivity contribution is 0.0683. The first-order valence-corrected chi connectivity index (χ1v) is 10.8. The number of carbonyl (C=O) groups excluding carboxylic acids is 1. The third-order valence-electron chi connectivity index (χ3n) is 6.40. The lowest BCUT2D eigenvalue weighted by Gasteiger charge is -2.35. The van der Waals surface area contributed by atoms with Gasteiger partial charge in [0.2, 0.25) is 0 Å². The number of nitrogens with zero attached hydrogens (tertiary/aromatic N) is 4. The second kappa shape index (κ2) is 10.5. The predicted molar refractivity (Wildman–Crippen MR) is 130 cm³/mol. The fourth-order valence-electron chi connectivity index (χ4n) is 4.75. The molecule has 0 bridgehead atoms. The van der Waals surface area contributed by atoms with Crippen LogP contribution >= 0.6 is 24.8 Å². The van der Waals surface area contributed by atoms with Crippen LogP contribution in [0, 0.1) is 6.92 Å². The molecule has 176 valence electrons. The number of hydrogen-bond acceptors (Lipinski definition) is 5. The maximum atomic E-state index is 13.8. The molecule has 0 aromatic carbocycles. The molecule has 33 heavy (non-hydrogen) atoms. The van der Waals surface area contributed by atoms with Crippen LogP contribution < -0.4 is 10.9 Å². The van der Waals surface area contributed by atoms with Crippen LogP contribution in [0.3, 0.4) is 0 Å². The highest BCUT2D eigenvalue weighted by molar-refractivity contribution is 5.96. The average Bonchev–Trinajstić information content (AvgIpc) is 3.28. The molecule has 1 atom stereocenters. The maximum absolute atomic E-state index is 13.8. The van der Waals surface area contributed by atoms with Crippen LogP contribution in [0.2, 0.25) is 0 Å². The monoisotopic (exact) mass is 490 g/mol. The number of pyridine rings is 2. The Morgan fingerprint density at radius 2 is 1.91 bits per heavy atom. The molecule has 3 aromatic rings. The van der Waals surface area contributed by atoms with E-state index in [2.05, 4.69) is 20.3 Å². The lowest BCUT2D eigenvalue weighted by Crippen LogP contribution is -2.44. The normalized spacial score (nSPS) is 18.1. The second-order valence-corrected chi connectivity index (χ2v) is 8.24. The number of amides is 1. The van der Waals surface area contributed by atoms with Crippen LogP contribution in [0.1, 0.15) is 57.9 Å². The van der Waals surface area contributed by atoms with E-state index < -0.39 is 6.04 Å². The number of fused-ring (bicyclic) bond motifs is 1. The molecule has 0 radical (unpaired) electrons. The summed E-state index contributed by atoms with van der Waals surface area (Å²) in [5, 5.41) is 3.33. The van der Waals surface area contributed by atoms with E-state index in [9.17, 15) is 9.59 Å². The average molecular weight is 491 g/mol. The van der Waals surface area contributed by atoms with Crippen molar-refractivity contribution in [2.75, 3.05) is 19.6 Å². The Hall–Kier alpha value is -2.68. The standard InChI is InChI=1S/C23H26N6O2.2ClH/c1-15-7-12-28(16-5-10-24-11-6-16)22(30)19(15)23(31)29-13-8-17-20(27-14-26-17)21(29)18-4-2-3-9-25-18;;/h2-4,7,9,12,14,16,21,24H,5-6,8,10-11,13H2,1H3,(H,26,27);2*1H. The van der Waals surface area contributed by atoms with Gasteiger partial charge in [-0.1, -0.05) is 6.07 Å². The van der Waals surface area contributed by atoms with Gasteiger partial charge in [-0.2, -0.15) is 0 Å². The summed E-state index contributed by atoms with van der Waals surface area (Å²) in [6.45, 7) is 4.09. The van der Waals surface area contributed by atoms with Gasteiger partial charge < -0.3 is 19.8 Å². The Labute approximate surface area is 204 Å². The minimum absolute atomic E-state index is 0. The van der Waals surface area contributed by atoms with E-state index in [4.69, 9.17) is 0 Å². The summed E-state index contributed by atoms with van der Waals surface area (Å²) in [7, 11) is 0. The van der Waals surface area contributed by atoms with Gasteiger partial charge in [-0.3, -0.25) is 14.6 Å². The largest absolute Gasteiger partial charge is 0.348 e. The second-order valence-electron chi connectivity index (χ2n) is 8.24. The molecule has 1 saturated heterocycles. The number of halogens is 2. The zero-order valence-corrected chi connectivity index (χ0v) is 20.0. The van der Waals surface area contributed by atoms with Crippen LogP contribution in [0.25, 0.3) is 0 Å². The number of imidazole rings is 1. The van der Waals surface area contributed by atoms with E-state index in [0.717, 1.165) is 43.0 Å². The Morgan fingerprint density at radius 3 is 2.64 bits per heavy atom. The molecule has 5 heterocycles. The Bertz CT molecular complexity index is 1160. The highest BCUT2D eigenvalue weighted by Crippen LogP contribution is 2.33. The van der Waals surface area contributed by atoms with Crippen molar-refractivity contribution in [2.45, 2.75) is 38.3 Å². The zero-order valence-electron chi connectivity index (χ0n) is 18.4. The number of nitrogens with one attached hydrogen (secondary N) is 2. The van der Waals surface area contributed by atoms with Crippen molar-refractivity contribution < 1.29 is 4.79 Å². The van der Waals surface area contributed by atoms with Gasteiger partial charge >= 0.3 is 0 Å². The Balaban J connectivity index is 0.00000153. The molecule has 0 saturated carbocycles. The maximum Gasteiger partial charge on any atom is 0.263 e. The fourth-order valence-corrected chi connectivity index (χ4v) is 4.75. The minimum Gasteiger partial charge on any atom is -0.348 e. The number of rotatable bonds is 3. The molecule has 2 aliphatic heterocycles. The number of aromatic amines is 1. The zero-order chi connectivity index (χ0) is 21.4. The molecular weight excluding hydrogens is 463 g/mol. The van der Waals surface area contributed by atoms with Crippen LogP contribution in [0.15, 0.2) is 47.8 Å². The highest BCUT2D eigenvalue weighted by Gasteiger charge is 2.37. The van der Waals surface area contributed by atoms with Gasteiger partial charge in [0.25, 0.3) is 11.5 Å². The first-order valence-electron chi connectivity index (χ1n) is 10.8. The topological polar surface area (TPSA) is 95.9 Å². The summed E-state index contributed by atoms with van der Waals surface area (Å²) in [5.74, 6) is -0.255. The van der Waals surface area contributed by atoms with Gasteiger partial charge in [-0.25, -0.2) is 4.98 Å². The van der Waals surface area contributed by atoms with Gasteiger partial charge in [0.05, 0.1) is 17.7 Å². The minimum atomic E-state index is -0.421. The molecule has 2 N–H and O–H groups in total. The summed E-state index contributed by atoms with van der Waals surface area (Å²) in [6, 6.07) is 7.24. The van der Waals surface area contributed by atoms with Crippen molar-refractivity contribution in [3.63, 3.8) is 0 Å². The molecule has 1 amide bonds. The van der Waals surface area contributed by atoms with Crippen molar-refractivity contribution in [1.29, 1.82) is 0 Å². The SMILES string of the molecule is Cc1ccn(C2CCNCC2)c(=O)c1C(=O)N1CCc2[nH]cnc2C1c1ccccn1.Cl.Cl. The number of piperidine rings is 1. The molecular formula is C23H28Cl2N6O2. The molecule has 3 aromatic heterocycles. The number of aryl methyl sites for hydroxylation is 1. The summed E-state index contributed by atoms with van der Waals surface area (Å²) in [5.41, 5.74) is 3.30. The van der Waals surface area contributed by atoms with Crippen LogP contribution in [0.5, 0.6) is 0 Å². The van der Waals surface area contributed by atoms with E-state index >= 15 is 0 Å².